The van der Waals surface area contributed by atoms with Gasteiger partial charge in [-0.3, -0.25) is 9.36 Å². The molecule has 2 aromatic heterocycles. The van der Waals surface area contributed by atoms with E-state index in [4.69, 9.17) is 4.74 Å². The molecule has 5 nitrogen and oxygen atoms in total. The van der Waals surface area contributed by atoms with Gasteiger partial charge in [-0.15, -0.1) is 0 Å². The highest BCUT2D eigenvalue weighted by Crippen LogP contribution is 2.23. The summed E-state index contributed by atoms with van der Waals surface area (Å²) in [6.45, 7) is 1.81. The molecule has 0 N–H and O–H groups in total. The molecule has 112 valence electrons. The van der Waals surface area contributed by atoms with Crippen molar-refractivity contribution in [3.63, 3.8) is 0 Å². The van der Waals surface area contributed by atoms with E-state index in [-0.39, 0.29) is 17.4 Å². The van der Waals surface area contributed by atoms with Gasteiger partial charge in [0.15, 0.2) is 17.2 Å². The van der Waals surface area contributed by atoms with Crippen LogP contribution in [-0.2, 0) is 0 Å². The third-order valence-electron chi connectivity index (χ3n) is 3.63. The number of rotatable bonds is 3. The Hall–Kier alpha value is -2.76. The van der Waals surface area contributed by atoms with E-state index in [9.17, 15) is 9.18 Å². The maximum absolute atomic E-state index is 13.8. The van der Waals surface area contributed by atoms with E-state index in [0.29, 0.717) is 16.6 Å². The van der Waals surface area contributed by atoms with E-state index in [2.05, 4.69) is 9.97 Å². The second kappa shape index (κ2) is 5.55. The summed E-state index contributed by atoms with van der Waals surface area (Å²) in [6, 6.07) is 7.64. The maximum Gasteiger partial charge on any atom is 0.263 e. The summed E-state index contributed by atoms with van der Waals surface area (Å²) in [5.41, 5.74) is 0.851. The number of fused-ring (bicyclic) bond motifs is 1. The molecule has 1 atom stereocenters. The Kier molecular flexibility index (Phi) is 3.58. The highest BCUT2D eigenvalue weighted by atomic mass is 19.1. The number of aromatic nitrogens is 3. The van der Waals surface area contributed by atoms with E-state index >= 15 is 0 Å². The zero-order valence-electron chi connectivity index (χ0n) is 12.2. The largest absolute Gasteiger partial charge is 0.494 e. The lowest BCUT2D eigenvalue weighted by atomic mass is 10.1. The smallest absolute Gasteiger partial charge is 0.263 e. The lowest BCUT2D eigenvalue weighted by Crippen LogP contribution is -2.24. The van der Waals surface area contributed by atoms with Crippen LogP contribution < -0.4 is 10.3 Å². The van der Waals surface area contributed by atoms with Crippen LogP contribution >= 0.6 is 0 Å². The molecule has 6 heteroatoms. The summed E-state index contributed by atoms with van der Waals surface area (Å²) in [6.07, 6.45) is 3.02. The summed E-state index contributed by atoms with van der Waals surface area (Å²) in [5.74, 6) is -0.292. The molecule has 0 fully saturated rings. The van der Waals surface area contributed by atoms with Gasteiger partial charge in [0.2, 0.25) is 0 Å². The molecule has 0 aliphatic heterocycles. The molecule has 0 amide bonds. The average molecular weight is 299 g/mol. The molecule has 2 heterocycles. The van der Waals surface area contributed by atoms with Gasteiger partial charge in [0.1, 0.15) is 6.33 Å². The first-order valence-corrected chi connectivity index (χ1v) is 6.77. The van der Waals surface area contributed by atoms with Crippen LogP contribution in [-0.4, -0.2) is 21.6 Å². The van der Waals surface area contributed by atoms with Gasteiger partial charge in [-0.05, 0) is 36.8 Å². The van der Waals surface area contributed by atoms with Crippen molar-refractivity contribution in [2.24, 2.45) is 0 Å². The monoisotopic (exact) mass is 299 g/mol. The van der Waals surface area contributed by atoms with Gasteiger partial charge in [0.25, 0.3) is 5.56 Å². The minimum Gasteiger partial charge on any atom is -0.494 e. The first kappa shape index (κ1) is 14.2. The molecule has 22 heavy (non-hydrogen) atoms. The van der Waals surface area contributed by atoms with E-state index in [0.717, 1.165) is 0 Å². The fourth-order valence-corrected chi connectivity index (χ4v) is 2.35. The van der Waals surface area contributed by atoms with Crippen LogP contribution in [0.25, 0.3) is 11.0 Å². The molecule has 3 aromatic rings. The number of hydrogen-bond acceptors (Lipinski definition) is 4. The van der Waals surface area contributed by atoms with Crippen LogP contribution in [0.15, 0.2) is 47.7 Å². The average Bonchev–Trinajstić information content (AvgIpc) is 2.55. The standard InChI is InChI=1S/C16H14FN3O2/c1-10(11-5-6-14(22-2)13(17)8-11)20-9-19-15-12(16(20)21)4-3-7-18-15/h3-10H,1-2H3/t10-/m1/s1. The van der Waals surface area contributed by atoms with Gasteiger partial charge in [-0.1, -0.05) is 6.07 Å². The molecular formula is C16H14FN3O2. The van der Waals surface area contributed by atoms with E-state index in [1.54, 1.807) is 30.5 Å². The van der Waals surface area contributed by atoms with Crippen molar-refractivity contribution in [3.8, 4) is 5.75 Å². The predicted molar refractivity (Wildman–Crippen MR) is 80.6 cm³/mol. The number of pyridine rings is 1. The Balaban J connectivity index is 2.09. The molecular weight excluding hydrogens is 285 g/mol. The zero-order chi connectivity index (χ0) is 15.7. The van der Waals surface area contributed by atoms with Gasteiger partial charge < -0.3 is 4.74 Å². The van der Waals surface area contributed by atoms with E-state index < -0.39 is 5.82 Å². The fourth-order valence-electron chi connectivity index (χ4n) is 2.35. The van der Waals surface area contributed by atoms with Crippen LogP contribution in [0.4, 0.5) is 4.39 Å². The molecule has 1 aromatic carbocycles. The van der Waals surface area contributed by atoms with Gasteiger partial charge in [0, 0.05) is 6.20 Å². The summed E-state index contributed by atoms with van der Waals surface area (Å²) in [5, 5.41) is 0.436. The van der Waals surface area contributed by atoms with Gasteiger partial charge >= 0.3 is 0 Å². The second-order valence-electron chi connectivity index (χ2n) is 4.90. The third-order valence-corrected chi connectivity index (χ3v) is 3.63. The van der Waals surface area contributed by atoms with Gasteiger partial charge in [0.05, 0.1) is 18.5 Å². The number of methoxy groups -OCH3 is 1. The van der Waals surface area contributed by atoms with Crippen molar-refractivity contribution >= 4 is 11.0 Å². The highest BCUT2D eigenvalue weighted by Gasteiger charge is 2.14. The molecule has 0 bridgehead atoms. The number of hydrogen-bond donors (Lipinski definition) is 0. The van der Waals surface area contributed by atoms with Crippen LogP contribution in [0, 0.1) is 5.82 Å². The maximum atomic E-state index is 13.8. The summed E-state index contributed by atoms with van der Waals surface area (Å²) < 4.78 is 20.2. The fraction of sp³-hybridized carbons (Fsp3) is 0.188. The number of benzene rings is 1. The number of nitrogens with zero attached hydrogens (tertiary/aromatic N) is 3. The lowest BCUT2D eigenvalue weighted by Gasteiger charge is -2.16. The van der Waals surface area contributed by atoms with Crippen LogP contribution in [0.2, 0.25) is 0 Å². The quantitative estimate of drug-likeness (QED) is 0.746. The Labute approximate surface area is 126 Å². The van der Waals surface area contributed by atoms with Crippen molar-refractivity contribution in [1.29, 1.82) is 0 Å². The summed E-state index contributed by atoms with van der Waals surface area (Å²) >= 11 is 0. The number of ether oxygens (including phenoxy) is 1. The Morgan fingerprint density at radius 1 is 1.27 bits per heavy atom. The van der Waals surface area contributed by atoms with Crippen LogP contribution in [0.5, 0.6) is 5.75 Å². The van der Waals surface area contributed by atoms with Crippen molar-refractivity contribution in [3.05, 3.63) is 64.6 Å². The van der Waals surface area contributed by atoms with Gasteiger partial charge in [-0.25, -0.2) is 14.4 Å². The van der Waals surface area contributed by atoms with Crippen molar-refractivity contribution in [2.75, 3.05) is 7.11 Å². The van der Waals surface area contributed by atoms with Crippen molar-refractivity contribution in [1.82, 2.24) is 14.5 Å². The molecule has 0 aliphatic carbocycles. The first-order valence-electron chi connectivity index (χ1n) is 6.77. The summed E-state index contributed by atoms with van der Waals surface area (Å²) in [4.78, 5) is 20.7. The highest BCUT2D eigenvalue weighted by molar-refractivity contribution is 5.72. The van der Waals surface area contributed by atoms with Crippen LogP contribution in [0.1, 0.15) is 18.5 Å². The molecule has 0 saturated heterocycles. The zero-order valence-corrected chi connectivity index (χ0v) is 12.2. The van der Waals surface area contributed by atoms with Crippen molar-refractivity contribution in [2.45, 2.75) is 13.0 Å². The molecule has 0 spiro atoms. The third kappa shape index (κ3) is 2.32. The topological polar surface area (TPSA) is 57.0 Å². The predicted octanol–water partition coefficient (Wildman–Crippen LogP) is 2.55. The second-order valence-corrected chi connectivity index (χ2v) is 4.90. The molecule has 0 unspecified atom stereocenters. The van der Waals surface area contributed by atoms with Gasteiger partial charge in [-0.2, -0.15) is 0 Å². The molecule has 3 rings (SSSR count). The summed E-state index contributed by atoms with van der Waals surface area (Å²) in [7, 11) is 1.41. The molecule has 0 aliphatic rings. The SMILES string of the molecule is COc1ccc([C@@H](C)n2cnc3ncccc3c2=O)cc1F. The normalized spacial score (nSPS) is 12.3. The first-order chi connectivity index (χ1) is 10.6. The minimum absolute atomic E-state index is 0.170. The Morgan fingerprint density at radius 3 is 2.82 bits per heavy atom. The Bertz CT molecular complexity index is 892. The minimum atomic E-state index is -0.463. The molecule has 0 radical (unpaired) electrons. The molecule has 0 saturated carbocycles. The van der Waals surface area contributed by atoms with Crippen LogP contribution in [0.3, 0.4) is 0 Å². The number of halogens is 1. The van der Waals surface area contributed by atoms with Crippen molar-refractivity contribution < 1.29 is 9.13 Å². The Morgan fingerprint density at radius 2 is 2.09 bits per heavy atom. The van der Waals surface area contributed by atoms with E-state index in [1.807, 2.05) is 6.92 Å². The lowest BCUT2D eigenvalue weighted by molar-refractivity contribution is 0.385. The van der Waals surface area contributed by atoms with E-state index in [1.165, 1.54) is 24.1 Å².